The number of esters is 2. The number of fused-ring (bicyclic) bond motifs is 1. The molecule has 2 amide bonds. The molecule has 0 bridgehead atoms. The van der Waals surface area contributed by atoms with Gasteiger partial charge in [0.05, 0.1) is 42.2 Å². The number of carbonyl (C=O) groups excluding carboxylic acids is 4. The van der Waals surface area contributed by atoms with E-state index in [1.165, 1.54) is 44.6 Å². The van der Waals surface area contributed by atoms with Crippen LogP contribution < -0.4 is 4.90 Å². The Morgan fingerprint density at radius 3 is 2.16 bits per heavy atom. The zero-order valence-corrected chi connectivity index (χ0v) is 13.4. The summed E-state index contributed by atoms with van der Waals surface area (Å²) in [5.74, 6) is -2.48. The van der Waals surface area contributed by atoms with Crippen LogP contribution in [0.5, 0.6) is 0 Å². The first kappa shape index (κ1) is 16.4. The molecule has 0 saturated heterocycles. The molecule has 0 aromatic heterocycles. The maximum absolute atomic E-state index is 12.7. The summed E-state index contributed by atoms with van der Waals surface area (Å²) in [6, 6.07) is 10.3. The third kappa shape index (κ3) is 2.55. The van der Waals surface area contributed by atoms with Crippen molar-refractivity contribution in [1.82, 2.24) is 0 Å². The van der Waals surface area contributed by atoms with Gasteiger partial charge in [-0.05, 0) is 30.3 Å². The van der Waals surface area contributed by atoms with E-state index in [1.54, 1.807) is 12.1 Å². The van der Waals surface area contributed by atoms with Gasteiger partial charge in [-0.3, -0.25) is 9.59 Å². The number of benzene rings is 2. The zero-order valence-electron chi connectivity index (χ0n) is 13.4. The van der Waals surface area contributed by atoms with E-state index >= 15 is 0 Å². The molecule has 126 valence electrons. The van der Waals surface area contributed by atoms with Crippen molar-refractivity contribution in [2.45, 2.75) is 0 Å². The highest BCUT2D eigenvalue weighted by molar-refractivity contribution is 6.35. The molecule has 0 aliphatic carbocycles. The lowest BCUT2D eigenvalue weighted by Gasteiger charge is -2.16. The summed E-state index contributed by atoms with van der Waals surface area (Å²) in [4.78, 5) is 49.9. The van der Waals surface area contributed by atoms with Gasteiger partial charge < -0.3 is 9.47 Å². The molecule has 3 rings (SSSR count). The van der Waals surface area contributed by atoms with Gasteiger partial charge in [-0.1, -0.05) is 12.1 Å². The number of anilines is 1. The molecular formula is C18H13NO6. The predicted molar refractivity (Wildman–Crippen MR) is 86.7 cm³/mol. The first-order valence-electron chi connectivity index (χ1n) is 7.28. The first-order chi connectivity index (χ1) is 12.0. The summed E-state index contributed by atoms with van der Waals surface area (Å²) in [6.45, 7) is 0. The van der Waals surface area contributed by atoms with Crippen molar-refractivity contribution >= 4 is 29.4 Å². The van der Waals surface area contributed by atoms with Crippen LogP contribution in [0, 0.1) is 0 Å². The molecule has 7 heteroatoms. The van der Waals surface area contributed by atoms with Gasteiger partial charge in [-0.15, -0.1) is 0 Å². The molecule has 25 heavy (non-hydrogen) atoms. The van der Waals surface area contributed by atoms with Gasteiger partial charge in [0.1, 0.15) is 0 Å². The Balaban J connectivity index is 2.10. The summed E-state index contributed by atoms with van der Waals surface area (Å²) in [6.07, 6.45) is 0. The smallest absolute Gasteiger partial charge is 0.339 e. The topological polar surface area (TPSA) is 90.0 Å². The van der Waals surface area contributed by atoms with Crippen molar-refractivity contribution in [3.05, 3.63) is 64.7 Å². The van der Waals surface area contributed by atoms with Crippen LogP contribution in [0.2, 0.25) is 0 Å². The van der Waals surface area contributed by atoms with Crippen LogP contribution >= 0.6 is 0 Å². The molecule has 0 N–H and O–H groups in total. The van der Waals surface area contributed by atoms with Crippen LogP contribution in [0.4, 0.5) is 5.69 Å². The lowest BCUT2D eigenvalue weighted by Crippen LogP contribution is -2.31. The van der Waals surface area contributed by atoms with Gasteiger partial charge in [-0.25, -0.2) is 14.5 Å². The highest BCUT2D eigenvalue weighted by Crippen LogP contribution is 2.31. The van der Waals surface area contributed by atoms with Crippen LogP contribution in [0.15, 0.2) is 42.5 Å². The Labute approximate surface area is 142 Å². The van der Waals surface area contributed by atoms with E-state index < -0.39 is 23.8 Å². The van der Waals surface area contributed by atoms with Gasteiger partial charge in [0.25, 0.3) is 11.8 Å². The van der Waals surface area contributed by atoms with Crippen molar-refractivity contribution in [3.8, 4) is 0 Å². The van der Waals surface area contributed by atoms with Crippen LogP contribution in [0.1, 0.15) is 41.4 Å². The summed E-state index contributed by atoms with van der Waals surface area (Å²) in [7, 11) is 2.44. The quantitative estimate of drug-likeness (QED) is 0.628. The van der Waals surface area contributed by atoms with E-state index in [4.69, 9.17) is 4.74 Å². The van der Waals surface area contributed by atoms with Crippen LogP contribution in [-0.2, 0) is 9.47 Å². The summed E-state index contributed by atoms with van der Waals surface area (Å²) >= 11 is 0. The number of amides is 2. The number of hydrogen-bond donors (Lipinski definition) is 0. The van der Waals surface area contributed by atoms with E-state index in [9.17, 15) is 19.2 Å². The van der Waals surface area contributed by atoms with Crippen molar-refractivity contribution in [3.63, 3.8) is 0 Å². The molecule has 7 nitrogen and oxygen atoms in total. The minimum Gasteiger partial charge on any atom is -0.465 e. The zero-order chi connectivity index (χ0) is 18.1. The van der Waals surface area contributed by atoms with Gasteiger partial charge in [0.2, 0.25) is 0 Å². The number of imide groups is 1. The molecule has 0 atom stereocenters. The van der Waals surface area contributed by atoms with Gasteiger partial charge in [0.15, 0.2) is 0 Å². The first-order valence-corrected chi connectivity index (χ1v) is 7.28. The minimum atomic E-state index is -0.664. The fourth-order valence-electron chi connectivity index (χ4n) is 2.66. The molecule has 1 aliphatic rings. The number of hydrogen-bond acceptors (Lipinski definition) is 6. The maximum Gasteiger partial charge on any atom is 0.339 e. The van der Waals surface area contributed by atoms with Gasteiger partial charge >= 0.3 is 11.9 Å². The SMILES string of the molecule is COC(=O)c1ccc2c(c1)C(=O)N(c1ccccc1C(=O)OC)C2=O. The number of ether oxygens (including phenoxy) is 2. The van der Waals surface area contributed by atoms with Crippen molar-refractivity contribution < 1.29 is 28.7 Å². The summed E-state index contributed by atoms with van der Waals surface area (Å²) in [5, 5.41) is 0. The van der Waals surface area contributed by atoms with E-state index in [2.05, 4.69) is 4.74 Å². The molecule has 1 aliphatic heterocycles. The van der Waals surface area contributed by atoms with Crippen LogP contribution in [0.25, 0.3) is 0 Å². The Kier molecular flexibility index (Phi) is 4.06. The van der Waals surface area contributed by atoms with E-state index in [1.807, 2.05) is 0 Å². The molecule has 1 heterocycles. The van der Waals surface area contributed by atoms with Crippen LogP contribution in [0.3, 0.4) is 0 Å². The number of rotatable bonds is 3. The number of para-hydroxylation sites is 1. The molecule has 2 aromatic carbocycles. The second-order valence-corrected chi connectivity index (χ2v) is 5.21. The monoisotopic (exact) mass is 339 g/mol. The second kappa shape index (κ2) is 6.20. The number of carbonyl (C=O) groups is 4. The molecule has 0 spiro atoms. The fraction of sp³-hybridized carbons (Fsp3) is 0.111. The molecule has 0 saturated carbocycles. The van der Waals surface area contributed by atoms with E-state index in [0.29, 0.717) is 0 Å². The largest absolute Gasteiger partial charge is 0.465 e. The standard InChI is InChI=1S/C18H13NO6/c1-24-17(22)10-7-8-11-13(9-10)16(21)19(15(11)20)14-6-4-3-5-12(14)18(23)25-2/h3-9H,1-2H3. The highest BCUT2D eigenvalue weighted by Gasteiger charge is 2.38. The molecular weight excluding hydrogens is 326 g/mol. The van der Waals surface area contributed by atoms with Gasteiger partial charge in [0, 0.05) is 0 Å². The Morgan fingerprint density at radius 2 is 1.48 bits per heavy atom. The normalized spacial score (nSPS) is 12.8. The Morgan fingerprint density at radius 1 is 0.840 bits per heavy atom. The van der Waals surface area contributed by atoms with Crippen molar-refractivity contribution in [2.75, 3.05) is 19.1 Å². The summed E-state index contributed by atoms with van der Waals surface area (Å²) in [5.41, 5.74) is 0.600. The van der Waals surface area contributed by atoms with E-state index in [-0.39, 0.29) is 27.9 Å². The molecule has 0 unspecified atom stereocenters. The fourth-order valence-corrected chi connectivity index (χ4v) is 2.66. The number of methoxy groups -OCH3 is 2. The van der Waals surface area contributed by atoms with Crippen molar-refractivity contribution in [2.24, 2.45) is 0 Å². The Hall–Kier alpha value is -3.48. The lowest BCUT2D eigenvalue weighted by molar-refractivity contribution is 0.0592. The predicted octanol–water partition coefficient (Wildman–Crippen LogP) is 2.06. The average molecular weight is 339 g/mol. The Bertz CT molecular complexity index is 918. The third-order valence-electron chi connectivity index (χ3n) is 3.86. The average Bonchev–Trinajstić information content (AvgIpc) is 2.90. The molecule has 0 radical (unpaired) electrons. The van der Waals surface area contributed by atoms with E-state index in [0.717, 1.165) is 4.90 Å². The summed E-state index contributed by atoms with van der Waals surface area (Å²) < 4.78 is 9.32. The van der Waals surface area contributed by atoms with Crippen LogP contribution in [-0.4, -0.2) is 38.0 Å². The number of nitrogens with zero attached hydrogens (tertiary/aromatic N) is 1. The van der Waals surface area contributed by atoms with Crippen molar-refractivity contribution in [1.29, 1.82) is 0 Å². The lowest BCUT2D eigenvalue weighted by atomic mass is 10.1. The minimum absolute atomic E-state index is 0.0765. The second-order valence-electron chi connectivity index (χ2n) is 5.21. The third-order valence-corrected chi connectivity index (χ3v) is 3.86. The van der Waals surface area contributed by atoms with Gasteiger partial charge in [-0.2, -0.15) is 0 Å². The maximum atomic E-state index is 12.7. The highest BCUT2D eigenvalue weighted by atomic mass is 16.5. The molecule has 2 aromatic rings. The molecule has 0 fully saturated rings.